The van der Waals surface area contributed by atoms with E-state index < -0.39 is 0 Å². The van der Waals surface area contributed by atoms with E-state index in [1.54, 1.807) is 12.1 Å². The Kier molecular flexibility index (Phi) is 4.71. The van der Waals surface area contributed by atoms with Gasteiger partial charge in [0.2, 0.25) is 0 Å². The van der Waals surface area contributed by atoms with Gasteiger partial charge in [-0.25, -0.2) is 0 Å². The molecule has 0 saturated carbocycles. The van der Waals surface area contributed by atoms with Crippen LogP contribution in [0.5, 0.6) is 5.75 Å². The smallest absolute Gasteiger partial charge is 0.193 e. The molecule has 2 aromatic rings. The lowest BCUT2D eigenvalue weighted by atomic mass is 9.97. The number of aliphatic imine (C=N–C) groups is 1. The average molecular weight is 308 g/mol. The van der Waals surface area contributed by atoms with E-state index >= 15 is 0 Å². The lowest BCUT2D eigenvalue weighted by Crippen LogP contribution is -2.31. The van der Waals surface area contributed by atoms with Crippen molar-refractivity contribution >= 4 is 11.6 Å². The Morgan fingerprint density at radius 3 is 2.65 bits per heavy atom. The van der Waals surface area contributed by atoms with Crippen molar-refractivity contribution in [2.45, 2.75) is 13.3 Å². The van der Waals surface area contributed by atoms with E-state index in [0.29, 0.717) is 17.7 Å². The summed E-state index contributed by atoms with van der Waals surface area (Å²) in [5.41, 5.74) is 2.19. The molecule has 0 bridgehead atoms. The minimum atomic E-state index is -0.00118. The van der Waals surface area contributed by atoms with Crippen molar-refractivity contribution in [2.24, 2.45) is 4.99 Å². The van der Waals surface area contributed by atoms with Gasteiger partial charge in [-0.3, -0.25) is 9.79 Å². The third-order valence-electron chi connectivity index (χ3n) is 3.75. The summed E-state index contributed by atoms with van der Waals surface area (Å²) >= 11 is 0. The summed E-state index contributed by atoms with van der Waals surface area (Å²) < 4.78 is 5.42. The van der Waals surface area contributed by atoms with Crippen LogP contribution in [-0.2, 0) is 0 Å². The van der Waals surface area contributed by atoms with Crippen LogP contribution in [-0.4, -0.2) is 31.3 Å². The van der Waals surface area contributed by atoms with Gasteiger partial charge in [-0.05, 0) is 37.6 Å². The van der Waals surface area contributed by atoms with E-state index in [0.717, 1.165) is 36.7 Å². The van der Waals surface area contributed by atoms with Crippen LogP contribution >= 0.6 is 0 Å². The van der Waals surface area contributed by atoms with Crippen molar-refractivity contribution in [2.75, 3.05) is 19.7 Å². The van der Waals surface area contributed by atoms with Gasteiger partial charge in [0.05, 0.1) is 6.61 Å². The molecule has 0 spiro atoms. The summed E-state index contributed by atoms with van der Waals surface area (Å²) in [6.45, 7) is 4.24. The summed E-state index contributed by atoms with van der Waals surface area (Å²) in [5, 5.41) is 3.29. The Labute approximate surface area is 136 Å². The monoisotopic (exact) mass is 308 g/mol. The van der Waals surface area contributed by atoms with Crippen molar-refractivity contribution in [3.05, 3.63) is 65.2 Å². The van der Waals surface area contributed by atoms with Crippen LogP contribution in [0.3, 0.4) is 0 Å². The number of ether oxygens (including phenoxy) is 1. The van der Waals surface area contributed by atoms with Gasteiger partial charge in [0, 0.05) is 29.8 Å². The molecule has 0 aromatic heterocycles. The van der Waals surface area contributed by atoms with E-state index in [2.05, 4.69) is 10.3 Å². The second-order valence-corrected chi connectivity index (χ2v) is 5.34. The number of benzene rings is 2. The van der Waals surface area contributed by atoms with Gasteiger partial charge in [-0.15, -0.1) is 0 Å². The Balaban J connectivity index is 1.91. The zero-order valence-corrected chi connectivity index (χ0v) is 13.2. The summed E-state index contributed by atoms with van der Waals surface area (Å²) in [7, 11) is 0. The highest BCUT2D eigenvalue weighted by Crippen LogP contribution is 2.19. The van der Waals surface area contributed by atoms with E-state index in [4.69, 9.17) is 4.74 Å². The number of hydrogen-bond donors (Lipinski definition) is 1. The molecular formula is C19H20N2O2. The van der Waals surface area contributed by atoms with Crippen molar-refractivity contribution in [1.82, 2.24) is 5.32 Å². The first-order chi connectivity index (χ1) is 11.3. The van der Waals surface area contributed by atoms with Crippen LogP contribution in [0.4, 0.5) is 0 Å². The third kappa shape index (κ3) is 3.42. The van der Waals surface area contributed by atoms with E-state index in [9.17, 15) is 4.79 Å². The lowest BCUT2D eigenvalue weighted by molar-refractivity contribution is 0.103. The van der Waals surface area contributed by atoms with E-state index in [1.807, 2.05) is 43.3 Å². The molecule has 4 heteroatoms. The van der Waals surface area contributed by atoms with Crippen LogP contribution in [0, 0.1) is 0 Å². The summed E-state index contributed by atoms with van der Waals surface area (Å²) in [6, 6.07) is 14.9. The van der Waals surface area contributed by atoms with Crippen molar-refractivity contribution in [3.63, 3.8) is 0 Å². The maximum atomic E-state index is 12.9. The van der Waals surface area contributed by atoms with Crippen LogP contribution in [0.25, 0.3) is 0 Å². The number of nitrogens with zero attached hydrogens (tertiary/aromatic N) is 1. The number of carbonyl (C=O) groups is 1. The molecule has 0 amide bonds. The minimum Gasteiger partial charge on any atom is -0.494 e. The molecule has 0 atom stereocenters. The highest BCUT2D eigenvalue weighted by molar-refractivity contribution is 6.16. The summed E-state index contributed by atoms with van der Waals surface area (Å²) in [4.78, 5) is 17.4. The third-order valence-corrected chi connectivity index (χ3v) is 3.75. The first kappa shape index (κ1) is 15.3. The van der Waals surface area contributed by atoms with E-state index in [1.165, 1.54) is 0 Å². The van der Waals surface area contributed by atoms with Crippen molar-refractivity contribution < 1.29 is 9.53 Å². The van der Waals surface area contributed by atoms with Gasteiger partial charge >= 0.3 is 0 Å². The number of amidine groups is 1. The van der Waals surface area contributed by atoms with Crippen LogP contribution in [0.15, 0.2) is 53.5 Å². The quantitative estimate of drug-likeness (QED) is 0.864. The molecule has 0 radical (unpaired) electrons. The van der Waals surface area contributed by atoms with Crippen molar-refractivity contribution in [1.29, 1.82) is 0 Å². The zero-order chi connectivity index (χ0) is 16.1. The molecule has 1 N–H and O–H groups in total. The second-order valence-electron chi connectivity index (χ2n) is 5.34. The molecule has 0 unspecified atom stereocenters. The number of nitrogens with one attached hydrogen (secondary N) is 1. The first-order valence-corrected chi connectivity index (χ1v) is 7.95. The predicted molar refractivity (Wildman–Crippen MR) is 91.5 cm³/mol. The molecule has 1 aliphatic heterocycles. The average Bonchev–Trinajstić information content (AvgIpc) is 2.63. The topological polar surface area (TPSA) is 50.7 Å². The Bertz CT molecular complexity index is 720. The zero-order valence-electron chi connectivity index (χ0n) is 13.2. The standard InChI is InChI=1S/C19H20N2O2/c1-2-23-15-10-8-14(9-11-15)18(22)16-6-3-4-7-17(16)19-20-12-5-13-21-19/h3-4,6-11H,2,5,12-13H2,1H3,(H,20,21). The predicted octanol–water partition coefficient (Wildman–Crippen LogP) is 3.06. The fourth-order valence-electron chi connectivity index (χ4n) is 2.63. The molecule has 23 heavy (non-hydrogen) atoms. The molecule has 3 rings (SSSR count). The number of hydrogen-bond acceptors (Lipinski definition) is 4. The highest BCUT2D eigenvalue weighted by atomic mass is 16.5. The largest absolute Gasteiger partial charge is 0.494 e. The number of rotatable bonds is 5. The van der Waals surface area contributed by atoms with Gasteiger partial charge in [-0.1, -0.05) is 24.3 Å². The fourth-order valence-corrected chi connectivity index (χ4v) is 2.63. The molecule has 1 aliphatic rings. The molecule has 1 heterocycles. The normalized spacial score (nSPS) is 13.9. The highest BCUT2D eigenvalue weighted by Gasteiger charge is 2.17. The molecule has 4 nitrogen and oxygen atoms in total. The fraction of sp³-hybridized carbons (Fsp3) is 0.263. The van der Waals surface area contributed by atoms with Gasteiger partial charge in [-0.2, -0.15) is 0 Å². The molecule has 2 aromatic carbocycles. The maximum Gasteiger partial charge on any atom is 0.193 e. The van der Waals surface area contributed by atoms with Crippen LogP contribution < -0.4 is 10.1 Å². The van der Waals surface area contributed by atoms with Crippen molar-refractivity contribution in [3.8, 4) is 5.75 Å². The van der Waals surface area contributed by atoms with Crippen LogP contribution in [0.2, 0.25) is 0 Å². The van der Waals surface area contributed by atoms with Gasteiger partial charge in [0.15, 0.2) is 5.78 Å². The second kappa shape index (κ2) is 7.09. The van der Waals surface area contributed by atoms with Gasteiger partial charge in [0.25, 0.3) is 0 Å². The lowest BCUT2D eigenvalue weighted by Gasteiger charge is -2.17. The molecule has 118 valence electrons. The molecule has 0 aliphatic carbocycles. The van der Waals surface area contributed by atoms with E-state index in [-0.39, 0.29) is 5.78 Å². The Hall–Kier alpha value is -2.62. The summed E-state index contributed by atoms with van der Waals surface area (Å²) in [6.07, 6.45) is 1.03. The molecule has 0 saturated heterocycles. The molecule has 0 fully saturated rings. The number of ketones is 1. The SMILES string of the molecule is CCOc1ccc(C(=O)c2ccccc2C2=NCCCN2)cc1. The van der Waals surface area contributed by atoms with Gasteiger partial charge < -0.3 is 10.1 Å². The summed E-state index contributed by atoms with van der Waals surface area (Å²) in [5.74, 6) is 1.58. The number of carbonyl (C=O) groups excluding carboxylic acids is 1. The Morgan fingerprint density at radius 2 is 1.96 bits per heavy atom. The van der Waals surface area contributed by atoms with Crippen LogP contribution in [0.1, 0.15) is 34.8 Å². The Morgan fingerprint density at radius 1 is 1.17 bits per heavy atom. The first-order valence-electron chi connectivity index (χ1n) is 7.95. The van der Waals surface area contributed by atoms with Gasteiger partial charge in [0.1, 0.15) is 11.6 Å². The molecular weight excluding hydrogens is 288 g/mol. The minimum absolute atomic E-state index is 0.00118. The maximum absolute atomic E-state index is 12.9.